The molecule has 0 aliphatic heterocycles. The topological polar surface area (TPSA) is 75.6 Å². The van der Waals surface area contributed by atoms with Crippen molar-refractivity contribution >= 4 is 11.9 Å². The molecule has 27 heavy (non-hydrogen) atoms. The first-order chi connectivity index (χ1) is 13.0. The van der Waals surface area contributed by atoms with Crippen LogP contribution in [-0.4, -0.2) is 23.6 Å². The van der Waals surface area contributed by atoms with Crippen LogP contribution in [0.15, 0.2) is 48.5 Å². The number of carbonyl (C=O) groups is 2. The minimum atomic E-state index is -0.816. The number of carbonyl (C=O) groups excluding carboxylic acids is 1. The molecule has 5 nitrogen and oxygen atoms in total. The van der Waals surface area contributed by atoms with Crippen LogP contribution in [0.5, 0.6) is 5.75 Å². The fourth-order valence-corrected chi connectivity index (χ4v) is 3.18. The number of aryl methyl sites for hydroxylation is 1. The lowest BCUT2D eigenvalue weighted by Crippen LogP contribution is -2.34. The lowest BCUT2D eigenvalue weighted by atomic mass is 9.93. The molecule has 0 unspecified atom stereocenters. The van der Waals surface area contributed by atoms with E-state index >= 15 is 0 Å². The maximum Gasteiger partial charge on any atom is 0.303 e. The Kier molecular flexibility index (Phi) is 5.79. The van der Waals surface area contributed by atoms with Gasteiger partial charge in [-0.25, -0.2) is 0 Å². The summed E-state index contributed by atoms with van der Waals surface area (Å²) >= 11 is 0. The molecule has 0 atom stereocenters. The van der Waals surface area contributed by atoms with Gasteiger partial charge in [0, 0.05) is 13.0 Å². The monoisotopic (exact) mass is 367 g/mol. The van der Waals surface area contributed by atoms with Crippen molar-refractivity contribution in [1.82, 2.24) is 5.32 Å². The van der Waals surface area contributed by atoms with Gasteiger partial charge in [0.2, 0.25) is 5.91 Å². The number of carboxylic acids is 1. The molecule has 0 bridgehead atoms. The Morgan fingerprint density at radius 1 is 1.15 bits per heavy atom. The highest BCUT2D eigenvalue weighted by molar-refractivity contribution is 5.91. The second kappa shape index (κ2) is 8.25. The molecule has 1 amide bonds. The Morgan fingerprint density at radius 3 is 2.52 bits per heavy atom. The number of ether oxygens (including phenoxy) is 1. The zero-order chi connectivity index (χ0) is 19.3. The highest BCUT2D eigenvalue weighted by atomic mass is 16.5. The van der Waals surface area contributed by atoms with Crippen LogP contribution < -0.4 is 10.1 Å². The van der Waals surface area contributed by atoms with E-state index in [1.54, 1.807) is 0 Å². The molecule has 2 aromatic rings. The summed E-state index contributed by atoms with van der Waals surface area (Å²) < 4.78 is 5.52. The maximum atomic E-state index is 12.7. The molecule has 1 saturated carbocycles. The van der Waals surface area contributed by atoms with Gasteiger partial charge in [-0.05, 0) is 49.4 Å². The summed E-state index contributed by atoms with van der Waals surface area (Å²) in [5.74, 6) is -0.0280. The lowest BCUT2D eigenvalue weighted by Gasteiger charge is -2.16. The van der Waals surface area contributed by atoms with E-state index in [1.807, 2.05) is 49.4 Å². The second-order valence-electron chi connectivity index (χ2n) is 7.12. The number of hydrogen-bond donors (Lipinski definition) is 2. The van der Waals surface area contributed by atoms with Crippen molar-refractivity contribution in [2.24, 2.45) is 0 Å². The summed E-state index contributed by atoms with van der Waals surface area (Å²) in [5, 5.41) is 11.7. The van der Waals surface area contributed by atoms with E-state index in [0.29, 0.717) is 25.3 Å². The summed E-state index contributed by atoms with van der Waals surface area (Å²) in [6.45, 7) is 2.90. The molecular formula is C22H25NO4. The zero-order valence-corrected chi connectivity index (χ0v) is 15.5. The molecule has 0 aromatic heterocycles. The molecule has 142 valence electrons. The molecule has 0 saturated heterocycles. The van der Waals surface area contributed by atoms with E-state index in [0.717, 1.165) is 24.0 Å². The van der Waals surface area contributed by atoms with Gasteiger partial charge in [0.25, 0.3) is 0 Å². The third-order valence-electron chi connectivity index (χ3n) is 4.94. The first-order valence-corrected chi connectivity index (χ1v) is 9.29. The van der Waals surface area contributed by atoms with E-state index in [4.69, 9.17) is 9.84 Å². The van der Waals surface area contributed by atoms with Crippen LogP contribution in [0.4, 0.5) is 0 Å². The van der Waals surface area contributed by atoms with Gasteiger partial charge >= 0.3 is 5.97 Å². The summed E-state index contributed by atoms with van der Waals surface area (Å²) in [5.41, 5.74) is 2.91. The largest absolute Gasteiger partial charge is 0.494 e. The van der Waals surface area contributed by atoms with E-state index in [2.05, 4.69) is 11.4 Å². The molecule has 5 heteroatoms. The Balaban J connectivity index is 1.50. The summed E-state index contributed by atoms with van der Waals surface area (Å²) in [7, 11) is 0. The molecule has 0 radical (unpaired) electrons. The SMILES string of the molecule is Cc1cccc(C2(C(=O)NCc3ccc(OCCCC(=O)O)cc3)CC2)c1. The second-order valence-corrected chi connectivity index (χ2v) is 7.12. The van der Waals surface area contributed by atoms with Crippen molar-refractivity contribution in [3.05, 3.63) is 65.2 Å². The van der Waals surface area contributed by atoms with E-state index in [1.165, 1.54) is 5.56 Å². The Hall–Kier alpha value is -2.82. The Morgan fingerprint density at radius 2 is 1.89 bits per heavy atom. The quantitative estimate of drug-likeness (QED) is 0.664. The number of nitrogens with one attached hydrogen (secondary N) is 1. The van der Waals surface area contributed by atoms with Gasteiger partial charge in [-0.3, -0.25) is 9.59 Å². The highest BCUT2D eigenvalue weighted by Crippen LogP contribution is 2.48. The number of hydrogen-bond acceptors (Lipinski definition) is 3. The highest BCUT2D eigenvalue weighted by Gasteiger charge is 2.51. The van der Waals surface area contributed by atoms with E-state index < -0.39 is 5.97 Å². The fourth-order valence-electron chi connectivity index (χ4n) is 3.18. The molecule has 2 aromatic carbocycles. The third kappa shape index (κ3) is 4.88. The van der Waals surface area contributed by atoms with Crippen molar-refractivity contribution in [2.75, 3.05) is 6.61 Å². The summed E-state index contributed by atoms with van der Waals surface area (Å²) in [6, 6.07) is 15.7. The van der Waals surface area contributed by atoms with E-state index in [-0.39, 0.29) is 17.7 Å². The van der Waals surface area contributed by atoms with Crippen LogP contribution in [0.25, 0.3) is 0 Å². The molecule has 0 spiro atoms. The normalized spacial score (nSPS) is 14.4. The molecule has 3 rings (SSSR count). The van der Waals surface area contributed by atoms with Gasteiger partial charge in [0.15, 0.2) is 0 Å². The Bertz CT molecular complexity index is 809. The van der Waals surface area contributed by atoms with Gasteiger partial charge in [0.1, 0.15) is 5.75 Å². The standard InChI is InChI=1S/C22H25NO4/c1-16-4-2-5-18(14-16)22(11-12-22)21(26)23-15-17-7-9-19(10-8-17)27-13-3-6-20(24)25/h2,4-5,7-10,14H,3,6,11-13,15H2,1H3,(H,23,26)(H,24,25). The summed E-state index contributed by atoms with van der Waals surface area (Å²) in [4.78, 5) is 23.2. The van der Waals surface area contributed by atoms with Gasteiger partial charge in [-0.1, -0.05) is 42.0 Å². The van der Waals surface area contributed by atoms with Crippen LogP contribution in [-0.2, 0) is 21.5 Å². The minimum absolute atomic E-state index is 0.0853. The molecular weight excluding hydrogens is 342 g/mol. The zero-order valence-electron chi connectivity index (χ0n) is 15.5. The number of aliphatic carboxylic acids is 1. The predicted octanol–water partition coefficient (Wildman–Crippen LogP) is 3.59. The molecule has 0 heterocycles. The fraction of sp³-hybridized carbons (Fsp3) is 0.364. The third-order valence-corrected chi connectivity index (χ3v) is 4.94. The number of rotatable bonds is 9. The molecule has 1 fully saturated rings. The van der Waals surface area contributed by atoms with Gasteiger partial charge < -0.3 is 15.2 Å². The van der Waals surface area contributed by atoms with Crippen molar-refractivity contribution in [2.45, 2.75) is 44.6 Å². The van der Waals surface area contributed by atoms with Crippen molar-refractivity contribution in [1.29, 1.82) is 0 Å². The average molecular weight is 367 g/mol. The van der Waals surface area contributed by atoms with E-state index in [9.17, 15) is 9.59 Å². The molecule has 2 N–H and O–H groups in total. The number of carboxylic acid groups (broad SMARTS) is 1. The van der Waals surface area contributed by atoms with Crippen LogP contribution >= 0.6 is 0 Å². The lowest BCUT2D eigenvalue weighted by molar-refractivity contribution is -0.137. The minimum Gasteiger partial charge on any atom is -0.494 e. The smallest absolute Gasteiger partial charge is 0.303 e. The van der Waals surface area contributed by atoms with Crippen LogP contribution in [0.2, 0.25) is 0 Å². The van der Waals surface area contributed by atoms with Crippen LogP contribution in [0, 0.1) is 6.92 Å². The molecule has 1 aliphatic rings. The van der Waals surface area contributed by atoms with Gasteiger partial charge in [-0.15, -0.1) is 0 Å². The van der Waals surface area contributed by atoms with Crippen LogP contribution in [0.3, 0.4) is 0 Å². The summed E-state index contributed by atoms with van der Waals surface area (Å²) in [6.07, 6.45) is 2.37. The Labute approximate surface area is 159 Å². The first kappa shape index (κ1) is 19.0. The van der Waals surface area contributed by atoms with Crippen molar-refractivity contribution < 1.29 is 19.4 Å². The van der Waals surface area contributed by atoms with Gasteiger partial charge in [-0.2, -0.15) is 0 Å². The molecule has 1 aliphatic carbocycles. The van der Waals surface area contributed by atoms with Gasteiger partial charge in [0.05, 0.1) is 12.0 Å². The number of benzene rings is 2. The first-order valence-electron chi connectivity index (χ1n) is 9.29. The van der Waals surface area contributed by atoms with Crippen LogP contribution in [0.1, 0.15) is 42.4 Å². The number of amides is 1. The van der Waals surface area contributed by atoms with Crippen molar-refractivity contribution in [3.8, 4) is 5.75 Å². The predicted molar refractivity (Wildman–Crippen MR) is 103 cm³/mol. The maximum absolute atomic E-state index is 12.7. The average Bonchev–Trinajstić information content (AvgIpc) is 3.46. The van der Waals surface area contributed by atoms with Crippen molar-refractivity contribution in [3.63, 3.8) is 0 Å².